The molecular weight excluding hydrogens is 342 g/mol. The molecule has 0 aromatic carbocycles. The second-order valence-corrected chi connectivity index (χ2v) is 7.71. The summed E-state index contributed by atoms with van der Waals surface area (Å²) in [6.07, 6.45) is 7.12. The van der Waals surface area contributed by atoms with Gasteiger partial charge in [-0.3, -0.25) is 4.99 Å². The van der Waals surface area contributed by atoms with E-state index in [1.807, 2.05) is 13.2 Å². The lowest BCUT2D eigenvalue weighted by Crippen LogP contribution is -2.38. The van der Waals surface area contributed by atoms with E-state index in [0.717, 1.165) is 31.4 Å². The SMILES string of the molecule is CN=C(NCc1ccnc(N2CCCCCC2)c1)NC(C)c1cccs1. The number of guanidine groups is 1. The number of rotatable bonds is 5. The molecule has 1 aliphatic heterocycles. The Morgan fingerprint density at radius 3 is 2.77 bits per heavy atom. The van der Waals surface area contributed by atoms with Gasteiger partial charge < -0.3 is 15.5 Å². The highest BCUT2D eigenvalue weighted by Gasteiger charge is 2.12. The summed E-state index contributed by atoms with van der Waals surface area (Å²) >= 11 is 1.76. The van der Waals surface area contributed by atoms with Crippen LogP contribution >= 0.6 is 11.3 Å². The molecule has 1 saturated heterocycles. The highest BCUT2D eigenvalue weighted by Crippen LogP contribution is 2.19. The van der Waals surface area contributed by atoms with Crippen molar-refractivity contribution in [3.63, 3.8) is 0 Å². The van der Waals surface area contributed by atoms with Gasteiger partial charge in [-0.1, -0.05) is 18.9 Å². The topological polar surface area (TPSA) is 52.6 Å². The van der Waals surface area contributed by atoms with Crippen LogP contribution < -0.4 is 15.5 Å². The molecule has 2 aromatic heterocycles. The molecule has 0 spiro atoms. The van der Waals surface area contributed by atoms with Crippen LogP contribution in [0.5, 0.6) is 0 Å². The van der Waals surface area contributed by atoms with Crippen LogP contribution in [0.25, 0.3) is 0 Å². The summed E-state index contributed by atoms with van der Waals surface area (Å²) in [4.78, 5) is 12.7. The van der Waals surface area contributed by atoms with E-state index in [1.54, 1.807) is 11.3 Å². The normalized spacial score (nSPS) is 16.8. The molecule has 1 fully saturated rings. The first-order valence-electron chi connectivity index (χ1n) is 9.47. The van der Waals surface area contributed by atoms with E-state index in [-0.39, 0.29) is 6.04 Å². The van der Waals surface area contributed by atoms with Crippen molar-refractivity contribution in [2.45, 2.75) is 45.2 Å². The standard InChI is InChI=1S/C20H29N5S/c1-16(18-8-7-13-26-18)24-20(21-2)23-15-17-9-10-22-19(14-17)25-11-5-3-4-6-12-25/h7-10,13-14,16H,3-6,11-12,15H2,1-2H3,(H2,21,23,24). The lowest BCUT2D eigenvalue weighted by Gasteiger charge is -2.22. The van der Waals surface area contributed by atoms with E-state index >= 15 is 0 Å². The molecule has 1 atom stereocenters. The Hall–Kier alpha value is -2.08. The molecule has 1 unspecified atom stereocenters. The van der Waals surface area contributed by atoms with Gasteiger partial charge in [-0.05, 0) is 48.9 Å². The molecule has 140 valence electrons. The van der Waals surface area contributed by atoms with E-state index < -0.39 is 0 Å². The van der Waals surface area contributed by atoms with E-state index in [4.69, 9.17) is 0 Å². The second-order valence-electron chi connectivity index (χ2n) is 6.73. The fourth-order valence-corrected chi connectivity index (χ4v) is 3.97. The van der Waals surface area contributed by atoms with Gasteiger partial charge in [0.25, 0.3) is 0 Å². The summed E-state index contributed by atoms with van der Waals surface area (Å²) in [5, 5.41) is 8.97. The Morgan fingerprint density at radius 2 is 2.08 bits per heavy atom. The number of nitrogens with one attached hydrogen (secondary N) is 2. The van der Waals surface area contributed by atoms with Gasteiger partial charge in [-0.25, -0.2) is 4.98 Å². The zero-order chi connectivity index (χ0) is 18.2. The monoisotopic (exact) mass is 371 g/mol. The van der Waals surface area contributed by atoms with Crippen molar-refractivity contribution >= 4 is 23.1 Å². The van der Waals surface area contributed by atoms with Crippen molar-refractivity contribution < 1.29 is 0 Å². The molecular formula is C20H29N5S. The van der Waals surface area contributed by atoms with E-state index in [2.05, 4.69) is 62.1 Å². The molecule has 2 aromatic rings. The first-order chi connectivity index (χ1) is 12.8. The Balaban J connectivity index is 1.57. The van der Waals surface area contributed by atoms with Gasteiger partial charge in [-0.2, -0.15) is 0 Å². The highest BCUT2D eigenvalue weighted by atomic mass is 32.1. The second kappa shape index (κ2) is 9.57. The van der Waals surface area contributed by atoms with Gasteiger partial charge in [0.1, 0.15) is 5.82 Å². The summed E-state index contributed by atoms with van der Waals surface area (Å²) in [5.74, 6) is 1.92. The third-order valence-corrected chi connectivity index (χ3v) is 5.80. The van der Waals surface area contributed by atoms with Crippen molar-refractivity contribution in [1.82, 2.24) is 15.6 Å². The van der Waals surface area contributed by atoms with Gasteiger partial charge in [0, 0.05) is 37.8 Å². The molecule has 0 saturated carbocycles. The van der Waals surface area contributed by atoms with E-state index in [9.17, 15) is 0 Å². The molecule has 26 heavy (non-hydrogen) atoms. The van der Waals surface area contributed by atoms with E-state index in [0.29, 0.717) is 0 Å². The maximum atomic E-state index is 4.59. The molecule has 5 nitrogen and oxygen atoms in total. The summed E-state index contributed by atoms with van der Waals surface area (Å²) in [6, 6.07) is 8.74. The highest BCUT2D eigenvalue weighted by molar-refractivity contribution is 7.10. The predicted molar refractivity (Wildman–Crippen MR) is 111 cm³/mol. The molecule has 3 heterocycles. The van der Waals surface area contributed by atoms with Crippen molar-refractivity contribution in [3.8, 4) is 0 Å². The van der Waals surface area contributed by atoms with Crippen LogP contribution in [-0.4, -0.2) is 31.1 Å². The van der Waals surface area contributed by atoms with Crippen LogP contribution in [0.15, 0.2) is 40.8 Å². The number of hydrogen-bond acceptors (Lipinski definition) is 4. The first kappa shape index (κ1) is 18.7. The Bertz CT molecular complexity index is 690. The van der Waals surface area contributed by atoms with Gasteiger partial charge in [0.05, 0.1) is 6.04 Å². The van der Waals surface area contributed by atoms with Gasteiger partial charge in [0.15, 0.2) is 5.96 Å². The van der Waals surface area contributed by atoms with Crippen LogP contribution in [-0.2, 0) is 6.54 Å². The zero-order valence-corrected chi connectivity index (χ0v) is 16.6. The molecule has 0 amide bonds. The van der Waals surface area contributed by atoms with Crippen LogP contribution in [0.4, 0.5) is 5.82 Å². The Labute approximate surface area is 160 Å². The number of pyridine rings is 1. The Kier molecular flexibility index (Phi) is 6.89. The lowest BCUT2D eigenvalue weighted by atomic mass is 10.2. The lowest BCUT2D eigenvalue weighted by molar-refractivity contribution is 0.696. The fraction of sp³-hybridized carbons (Fsp3) is 0.500. The predicted octanol–water partition coefficient (Wildman–Crippen LogP) is 3.95. The minimum Gasteiger partial charge on any atom is -0.357 e. The largest absolute Gasteiger partial charge is 0.357 e. The van der Waals surface area contributed by atoms with Crippen LogP contribution in [0.1, 0.15) is 49.1 Å². The number of aliphatic imine (C=N–C) groups is 1. The number of hydrogen-bond donors (Lipinski definition) is 2. The maximum Gasteiger partial charge on any atom is 0.191 e. The molecule has 0 aliphatic carbocycles. The molecule has 3 rings (SSSR count). The summed E-state index contributed by atoms with van der Waals surface area (Å²) in [5.41, 5.74) is 1.23. The minimum atomic E-state index is 0.242. The number of thiophene rings is 1. The third kappa shape index (κ3) is 5.21. The first-order valence-corrected chi connectivity index (χ1v) is 10.3. The van der Waals surface area contributed by atoms with Crippen molar-refractivity contribution in [1.29, 1.82) is 0 Å². The average molecular weight is 372 g/mol. The molecule has 1 aliphatic rings. The quantitative estimate of drug-likeness (QED) is 0.617. The van der Waals surface area contributed by atoms with Gasteiger partial charge >= 0.3 is 0 Å². The molecule has 2 N–H and O–H groups in total. The van der Waals surface area contributed by atoms with Crippen LogP contribution in [0.2, 0.25) is 0 Å². The molecule has 6 heteroatoms. The zero-order valence-electron chi connectivity index (χ0n) is 15.7. The molecule has 0 bridgehead atoms. The number of nitrogens with zero attached hydrogens (tertiary/aromatic N) is 3. The van der Waals surface area contributed by atoms with Crippen molar-refractivity contribution in [3.05, 3.63) is 46.3 Å². The van der Waals surface area contributed by atoms with Gasteiger partial charge in [-0.15, -0.1) is 11.3 Å². The van der Waals surface area contributed by atoms with Crippen molar-refractivity contribution in [2.75, 3.05) is 25.0 Å². The smallest absolute Gasteiger partial charge is 0.191 e. The number of anilines is 1. The molecule has 0 radical (unpaired) electrons. The minimum absolute atomic E-state index is 0.242. The third-order valence-electron chi connectivity index (χ3n) is 4.75. The van der Waals surface area contributed by atoms with Crippen LogP contribution in [0.3, 0.4) is 0 Å². The fourth-order valence-electron chi connectivity index (χ4n) is 3.24. The number of aromatic nitrogens is 1. The average Bonchev–Trinajstić information content (AvgIpc) is 3.08. The maximum absolute atomic E-state index is 4.59. The summed E-state index contributed by atoms with van der Waals surface area (Å²) in [6.45, 7) is 5.12. The summed E-state index contributed by atoms with van der Waals surface area (Å²) in [7, 11) is 1.81. The van der Waals surface area contributed by atoms with Gasteiger partial charge in [0.2, 0.25) is 0 Å². The van der Waals surface area contributed by atoms with E-state index in [1.165, 1.54) is 36.1 Å². The summed E-state index contributed by atoms with van der Waals surface area (Å²) < 4.78 is 0. The Morgan fingerprint density at radius 1 is 1.27 bits per heavy atom. The van der Waals surface area contributed by atoms with Crippen LogP contribution in [0, 0.1) is 0 Å². The van der Waals surface area contributed by atoms with Crippen molar-refractivity contribution in [2.24, 2.45) is 4.99 Å².